The van der Waals surface area contributed by atoms with Crippen molar-refractivity contribution < 1.29 is 9.90 Å². The highest BCUT2D eigenvalue weighted by Crippen LogP contribution is 2.40. The molecule has 0 aliphatic heterocycles. The van der Waals surface area contributed by atoms with Crippen molar-refractivity contribution in [2.24, 2.45) is 0 Å². The second-order valence-electron chi connectivity index (χ2n) is 7.47. The van der Waals surface area contributed by atoms with Gasteiger partial charge in [-0.3, -0.25) is 4.79 Å². The highest BCUT2D eigenvalue weighted by atomic mass is 16.2. The quantitative estimate of drug-likeness (QED) is 0.415. The van der Waals surface area contributed by atoms with Crippen molar-refractivity contribution in [3.63, 3.8) is 0 Å². The summed E-state index contributed by atoms with van der Waals surface area (Å²) in [5.41, 5.74) is 11.1. The number of hydrogen-bond donors (Lipinski definition) is 1. The summed E-state index contributed by atoms with van der Waals surface area (Å²) in [6, 6.07) is 23.8. The van der Waals surface area contributed by atoms with Crippen LogP contribution in [0.4, 0.5) is 0 Å². The molecule has 2 heteroatoms. The monoisotopic (exact) mass is 444 g/mol. The van der Waals surface area contributed by atoms with Gasteiger partial charge in [-0.25, -0.2) is 0 Å². The number of hydrogen-bond acceptors (Lipinski definition) is 2. The van der Waals surface area contributed by atoms with Crippen LogP contribution in [-0.4, -0.2) is 18.5 Å². The van der Waals surface area contributed by atoms with Crippen LogP contribution in [0.3, 0.4) is 0 Å². The van der Waals surface area contributed by atoms with Gasteiger partial charge in [0.25, 0.3) is 0 Å². The van der Waals surface area contributed by atoms with Crippen LogP contribution in [-0.2, 0) is 6.42 Å². The van der Waals surface area contributed by atoms with E-state index in [0.717, 1.165) is 38.2 Å². The van der Waals surface area contributed by atoms with Gasteiger partial charge < -0.3 is 5.11 Å². The van der Waals surface area contributed by atoms with Crippen molar-refractivity contribution in [3.05, 3.63) is 106 Å². The van der Waals surface area contributed by atoms with Crippen molar-refractivity contribution >= 4 is 17.4 Å². The average molecular weight is 445 g/mol. The van der Waals surface area contributed by atoms with E-state index in [4.69, 9.17) is 5.11 Å². The molecule has 0 unspecified atom stereocenters. The first-order valence-corrected chi connectivity index (χ1v) is 12.1. The van der Waals surface area contributed by atoms with Gasteiger partial charge in [0.2, 0.25) is 0 Å². The van der Waals surface area contributed by atoms with Crippen LogP contribution in [0.25, 0.3) is 11.1 Å². The molecule has 0 spiro atoms. The van der Waals surface area contributed by atoms with Gasteiger partial charge in [-0.2, -0.15) is 0 Å². The lowest BCUT2D eigenvalue weighted by molar-refractivity contribution is 0.112. The van der Waals surface area contributed by atoms with E-state index in [1.165, 1.54) is 44.5 Å². The molecule has 0 amide bonds. The Bertz CT molecular complexity index is 1010. The van der Waals surface area contributed by atoms with Crippen LogP contribution >= 0.6 is 0 Å². The predicted molar refractivity (Wildman–Crippen MR) is 144 cm³/mol. The molecule has 1 N–H and O–H groups in total. The van der Waals surface area contributed by atoms with E-state index in [1.54, 1.807) is 0 Å². The molecule has 0 bridgehead atoms. The molecule has 0 aromatic heterocycles. The third-order valence-corrected chi connectivity index (χ3v) is 5.45. The van der Waals surface area contributed by atoms with Crippen molar-refractivity contribution in [3.8, 4) is 0 Å². The third kappa shape index (κ3) is 7.27. The van der Waals surface area contributed by atoms with Gasteiger partial charge in [0.1, 0.15) is 6.29 Å². The minimum atomic E-state index is 0.760. The first kappa shape index (κ1) is 28.1. The molecule has 0 saturated heterocycles. The fourth-order valence-corrected chi connectivity index (χ4v) is 3.97. The number of rotatable bonds is 3. The molecular weight excluding hydrogens is 404 g/mol. The molecule has 176 valence electrons. The maximum atomic E-state index is 11.3. The molecule has 0 atom stereocenters. The van der Waals surface area contributed by atoms with Gasteiger partial charge >= 0.3 is 0 Å². The second kappa shape index (κ2) is 15.0. The van der Waals surface area contributed by atoms with E-state index < -0.39 is 0 Å². The molecule has 1 aliphatic rings. The number of aryl methyl sites for hydroxylation is 3. The standard InChI is InChI=1S/C26H24O.2C2H6.CH4O/c1-18-6-11-21(12-7-18)24-5-3-4-23-16-20(17-27)10-15-25(23)26(24)22-13-8-19(2)9-14-22;3*1-2/h6-17H,3-5H2,1-2H3;2*1-2H3;2H,1H3. The van der Waals surface area contributed by atoms with E-state index in [1.807, 2.05) is 33.8 Å². The Morgan fingerprint density at radius 1 is 0.697 bits per heavy atom. The van der Waals surface area contributed by atoms with Crippen LogP contribution in [0.15, 0.2) is 66.7 Å². The van der Waals surface area contributed by atoms with Crippen molar-refractivity contribution in [1.82, 2.24) is 0 Å². The molecule has 1 aliphatic carbocycles. The predicted octanol–water partition coefficient (Wildman–Crippen LogP) is 8.07. The first-order valence-electron chi connectivity index (χ1n) is 12.1. The lowest BCUT2D eigenvalue weighted by Gasteiger charge is -2.17. The van der Waals surface area contributed by atoms with Crippen molar-refractivity contribution in [2.75, 3.05) is 7.11 Å². The van der Waals surface area contributed by atoms with Crippen molar-refractivity contribution in [2.45, 2.75) is 60.8 Å². The van der Waals surface area contributed by atoms with Crippen LogP contribution < -0.4 is 0 Å². The van der Waals surface area contributed by atoms with E-state index >= 15 is 0 Å². The molecule has 2 nitrogen and oxygen atoms in total. The Morgan fingerprint density at radius 3 is 1.73 bits per heavy atom. The topological polar surface area (TPSA) is 37.3 Å². The zero-order valence-corrected chi connectivity index (χ0v) is 21.4. The summed E-state index contributed by atoms with van der Waals surface area (Å²) in [7, 11) is 1.00. The van der Waals surface area contributed by atoms with Crippen LogP contribution in [0.2, 0.25) is 0 Å². The lowest BCUT2D eigenvalue weighted by Crippen LogP contribution is -1.97. The largest absolute Gasteiger partial charge is 0.400 e. The van der Waals surface area contributed by atoms with E-state index in [0.29, 0.717) is 0 Å². The highest BCUT2D eigenvalue weighted by Gasteiger charge is 2.20. The summed E-state index contributed by atoms with van der Waals surface area (Å²) in [5.74, 6) is 0. The lowest BCUT2D eigenvalue weighted by atomic mass is 9.87. The smallest absolute Gasteiger partial charge is 0.150 e. The van der Waals surface area contributed by atoms with Crippen LogP contribution in [0, 0.1) is 13.8 Å². The number of aliphatic hydroxyl groups is 1. The Labute approximate surface area is 201 Å². The number of carbonyl (C=O) groups is 1. The minimum absolute atomic E-state index is 0.760. The molecule has 3 aromatic rings. The molecular formula is C31H40O2. The number of fused-ring (bicyclic) bond motifs is 1. The number of benzene rings is 3. The minimum Gasteiger partial charge on any atom is -0.400 e. The fourth-order valence-electron chi connectivity index (χ4n) is 3.97. The summed E-state index contributed by atoms with van der Waals surface area (Å²) >= 11 is 0. The summed E-state index contributed by atoms with van der Waals surface area (Å²) < 4.78 is 0. The normalized spacial score (nSPS) is 11.9. The molecule has 0 heterocycles. The van der Waals surface area contributed by atoms with E-state index in [-0.39, 0.29) is 0 Å². The summed E-state index contributed by atoms with van der Waals surface area (Å²) in [5, 5.41) is 7.00. The SMILES string of the molecule is CC.CC.CO.Cc1ccc(C2=C(c3ccc(C)cc3)c3ccc(C=O)cc3CCC2)cc1. The molecule has 3 aromatic carbocycles. The maximum Gasteiger partial charge on any atom is 0.150 e. The van der Waals surface area contributed by atoms with Crippen LogP contribution in [0.1, 0.15) is 84.3 Å². The Balaban J connectivity index is 0.000000841. The summed E-state index contributed by atoms with van der Waals surface area (Å²) in [6.07, 6.45) is 4.08. The first-order chi connectivity index (χ1) is 16.2. The molecule has 0 saturated carbocycles. The van der Waals surface area contributed by atoms with Gasteiger partial charge in [-0.05, 0) is 72.6 Å². The third-order valence-electron chi connectivity index (χ3n) is 5.45. The zero-order valence-electron chi connectivity index (χ0n) is 21.4. The molecule has 0 fully saturated rings. The number of aldehydes is 1. The fraction of sp³-hybridized carbons (Fsp3) is 0.323. The maximum absolute atomic E-state index is 11.3. The molecule has 33 heavy (non-hydrogen) atoms. The summed E-state index contributed by atoms with van der Waals surface area (Å²) in [4.78, 5) is 11.3. The Hall–Kier alpha value is -2.97. The Morgan fingerprint density at radius 2 is 1.21 bits per heavy atom. The van der Waals surface area contributed by atoms with Gasteiger partial charge in [0, 0.05) is 12.7 Å². The van der Waals surface area contributed by atoms with Gasteiger partial charge in [0.15, 0.2) is 0 Å². The number of carbonyl (C=O) groups excluding carboxylic acids is 1. The van der Waals surface area contributed by atoms with Crippen molar-refractivity contribution in [1.29, 1.82) is 0 Å². The van der Waals surface area contributed by atoms with Gasteiger partial charge in [-0.15, -0.1) is 0 Å². The average Bonchev–Trinajstić information content (AvgIpc) is 3.08. The molecule has 4 rings (SSSR count). The number of allylic oxidation sites excluding steroid dienone is 1. The van der Waals surface area contributed by atoms with Gasteiger partial charge in [-0.1, -0.05) is 99.5 Å². The van der Waals surface area contributed by atoms with E-state index in [9.17, 15) is 4.79 Å². The Kier molecular flexibility index (Phi) is 12.7. The molecule has 0 radical (unpaired) electrons. The van der Waals surface area contributed by atoms with Crippen LogP contribution in [0.5, 0.6) is 0 Å². The summed E-state index contributed by atoms with van der Waals surface area (Å²) in [6.45, 7) is 12.2. The van der Waals surface area contributed by atoms with Gasteiger partial charge in [0.05, 0.1) is 0 Å². The highest BCUT2D eigenvalue weighted by molar-refractivity contribution is 6.00. The second-order valence-corrected chi connectivity index (χ2v) is 7.47. The zero-order chi connectivity index (χ0) is 24.8. The number of aliphatic hydroxyl groups excluding tert-OH is 1. The van der Waals surface area contributed by atoms with E-state index in [2.05, 4.69) is 74.5 Å².